The summed E-state index contributed by atoms with van der Waals surface area (Å²) < 4.78 is 7.29. The molecule has 0 N–H and O–H groups in total. The molecular weight excluding hydrogens is 254 g/mol. The molecule has 1 fully saturated rings. The van der Waals surface area contributed by atoms with Crippen molar-refractivity contribution in [1.82, 2.24) is 14.7 Å². The molecule has 1 saturated heterocycles. The van der Waals surface area contributed by atoms with Gasteiger partial charge in [0.2, 0.25) is 5.91 Å². The zero-order chi connectivity index (χ0) is 14.2. The van der Waals surface area contributed by atoms with Crippen LogP contribution in [0.25, 0.3) is 0 Å². The molecule has 0 spiro atoms. The third-order valence-electron chi connectivity index (χ3n) is 3.60. The van der Waals surface area contributed by atoms with Crippen LogP contribution in [0.5, 0.6) is 0 Å². The minimum Gasteiger partial charge on any atom is -0.371 e. The first-order valence-corrected chi connectivity index (χ1v) is 7.27. The first kappa shape index (κ1) is 14.8. The van der Waals surface area contributed by atoms with E-state index >= 15 is 0 Å². The van der Waals surface area contributed by atoms with Crippen molar-refractivity contribution < 1.29 is 9.53 Å². The number of hydrogen-bond acceptors (Lipinski definition) is 3. The first-order chi connectivity index (χ1) is 9.81. The minimum atomic E-state index is 0.0888. The Morgan fingerprint density at radius 1 is 1.50 bits per heavy atom. The molecule has 0 bridgehead atoms. The van der Waals surface area contributed by atoms with E-state index in [0.717, 1.165) is 32.4 Å². The summed E-state index contributed by atoms with van der Waals surface area (Å²) in [4.78, 5) is 14.2. The fourth-order valence-corrected chi connectivity index (χ4v) is 2.55. The highest BCUT2D eigenvalue weighted by Crippen LogP contribution is 2.18. The van der Waals surface area contributed by atoms with Crippen LogP contribution >= 0.6 is 0 Å². The summed E-state index contributed by atoms with van der Waals surface area (Å²) in [6.07, 6.45) is 9.58. The van der Waals surface area contributed by atoms with Gasteiger partial charge in [-0.15, -0.1) is 6.58 Å². The molecule has 1 aliphatic heterocycles. The summed E-state index contributed by atoms with van der Waals surface area (Å²) >= 11 is 0. The van der Waals surface area contributed by atoms with E-state index in [1.807, 2.05) is 21.8 Å². The standard InChI is InChI=1S/C15H23N3O2/c1-2-3-11-20-13-15(19)18-10-5-4-7-14(18)12-17-9-6-8-16-17/h2,6,8-9,14H,1,3-5,7,10-13H2/t14-/m1/s1. The number of ether oxygens (including phenoxy) is 1. The molecule has 1 aromatic heterocycles. The molecule has 2 rings (SSSR count). The predicted octanol–water partition coefficient (Wildman–Crippen LogP) is 1.86. The van der Waals surface area contributed by atoms with Crippen LogP contribution in [0, 0.1) is 0 Å². The number of hydrogen-bond donors (Lipinski definition) is 0. The van der Waals surface area contributed by atoms with E-state index in [2.05, 4.69) is 11.7 Å². The summed E-state index contributed by atoms with van der Waals surface area (Å²) in [5, 5.41) is 4.23. The second-order valence-corrected chi connectivity index (χ2v) is 5.09. The van der Waals surface area contributed by atoms with Crippen molar-refractivity contribution >= 4 is 5.91 Å². The van der Waals surface area contributed by atoms with E-state index in [1.165, 1.54) is 6.42 Å². The Kier molecular flexibility index (Phi) is 5.80. The van der Waals surface area contributed by atoms with Crippen LogP contribution in [0.3, 0.4) is 0 Å². The van der Waals surface area contributed by atoms with Crippen molar-refractivity contribution in [2.45, 2.75) is 38.3 Å². The van der Waals surface area contributed by atoms with Gasteiger partial charge in [-0.3, -0.25) is 9.48 Å². The molecule has 2 heterocycles. The maximum atomic E-state index is 12.2. The van der Waals surface area contributed by atoms with Gasteiger partial charge in [0.1, 0.15) is 6.61 Å². The van der Waals surface area contributed by atoms with Gasteiger partial charge in [-0.1, -0.05) is 6.08 Å². The number of nitrogens with zero attached hydrogens (tertiary/aromatic N) is 3. The summed E-state index contributed by atoms with van der Waals surface area (Å²) in [5.41, 5.74) is 0. The van der Waals surface area contributed by atoms with Gasteiger partial charge in [-0.25, -0.2) is 0 Å². The van der Waals surface area contributed by atoms with Gasteiger partial charge in [0.15, 0.2) is 0 Å². The average Bonchev–Trinajstić information content (AvgIpc) is 2.97. The fraction of sp³-hybridized carbons (Fsp3) is 0.600. The topological polar surface area (TPSA) is 47.4 Å². The van der Waals surface area contributed by atoms with Crippen molar-refractivity contribution in [1.29, 1.82) is 0 Å². The molecule has 0 aromatic carbocycles. The van der Waals surface area contributed by atoms with E-state index in [0.29, 0.717) is 6.61 Å². The highest BCUT2D eigenvalue weighted by atomic mass is 16.5. The zero-order valence-corrected chi connectivity index (χ0v) is 11.9. The van der Waals surface area contributed by atoms with Crippen molar-refractivity contribution in [2.75, 3.05) is 19.8 Å². The Labute approximate surface area is 120 Å². The van der Waals surface area contributed by atoms with Gasteiger partial charge < -0.3 is 9.64 Å². The highest BCUT2D eigenvalue weighted by molar-refractivity contribution is 5.77. The van der Waals surface area contributed by atoms with Crippen molar-refractivity contribution in [3.63, 3.8) is 0 Å². The van der Waals surface area contributed by atoms with Crippen molar-refractivity contribution in [3.8, 4) is 0 Å². The Bertz CT molecular complexity index is 417. The Hall–Kier alpha value is -1.62. The van der Waals surface area contributed by atoms with Crippen molar-refractivity contribution in [3.05, 3.63) is 31.1 Å². The molecule has 110 valence electrons. The van der Waals surface area contributed by atoms with Gasteiger partial charge in [0.05, 0.1) is 19.2 Å². The van der Waals surface area contributed by atoms with Gasteiger partial charge >= 0.3 is 0 Å². The van der Waals surface area contributed by atoms with Gasteiger partial charge in [-0.05, 0) is 31.7 Å². The molecule has 0 aliphatic carbocycles. The van der Waals surface area contributed by atoms with Crippen LogP contribution < -0.4 is 0 Å². The molecule has 5 nitrogen and oxygen atoms in total. The molecule has 1 atom stereocenters. The molecule has 0 unspecified atom stereocenters. The second-order valence-electron chi connectivity index (χ2n) is 5.09. The molecule has 1 amide bonds. The summed E-state index contributed by atoms with van der Waals surface area (Å²) in [5.74, 6) is 0.0888. The van der Waals surface area contributed by atoms with Crippen LogP contribution in [0.15, 0.2) is 31.1 Å². The molecule has 1 aliphatic rings. The van der Waals surface area contributed by atoms with E-state index in [1.54, 1.807) is 12.3 Å². The number of aromatic nitrogens is 2. The van der Waals surface area contributed by atoms with E-state index in [9.17, 15) is 4.79 Å². The molecule has 0 radical (unpaired) electrons. The number of rotatable bonds is 7. The first-order valence-electron chi connectivity index (χ1n) is 7.27. The lowest BCUT2D eigenvalue weighted by molar-refractivity contribution is -0.140. The molecule has 0 saturated carbocycles. The molecule has 5 heteroatoms. The SMILES string of the molecule is C=CCCOCC(=O)N1CCCC[C@@H]1Cn1cccn1. The van der Waals surface area contributed by atoms with Gasteiger partial charge in [-0.2, -0.15) is 5.10 Å². The van der Waals surface area contributed by atoms with E-state index < -0.39 is 0 Å². The molecule has 1 aromatic rings. The maximum Gasteiger partial charge on any atom is 0.248 e. The van der Waals surface area contributed by atoms with Crippen LogP contribution in [-0.2, 0) is 16.1 Å². The average molecular weight is 277 g/mol. The van der Waals surface area contributed by atoms with Gasteiger partial charge in [0, 0.05) is 18.9 Å². The summed E-state index contributed by atoms with van der Waals surface area (Å²) in [6.45, 7) is 5.97. The monoisotopic (exact) mass is 277 g/mol. The summed E-state index contributed by atoms with van der Waals surface area (Å²) in [7, 11) is 0. The maximum absolute atomic E-state index is 12.2. The minimum absolute atomic E-state index is 0.0888. The third kappa shape index (κ3) is 4.20. The molecule has 20 heavy (non-hydrogen) atoms. The fourth-order valence-electron chi connectivity index (χ4n) is 2.55. The Balaban J connectivity index is 1.85. The lowest BCUT2D eigenvalue weighted by atomic mass is 10.0. The quantitative estimate of drug-likeness (QED) is 0.564. The van der Waals surface area contributed by atoms with Crippen LogP contribution in [0.2, 0.25) is 0 Å². The van der Waals surface area contributed by atoms with E-state index in [-0.39, 0.29) is 18.6 Å². The number of likely N-dealkylation sites (tertiary alicyclic amines) is 1. The zero-order valence-electron chi connectivity index (χ0n) is 11.9. The smallest absolute Gasteiger partial charge is 0.248 e. The van der Waals surface area contributed by atoms with Crippen LogP contribution in [0.1, 0.15) is 25.7 Å². The van der Waals surface area contributed by atoms with E-state index in [4.69, 9.17) is 4.74 Å². The van der Waals surface area contributed by atoms with Crippen molar-refractivity contribution in [2.24, 2.45) is 0 Å². The predicted molar refractivity (Wildman–Crippen MR) is 77.2 cm³/mol. The number of amides is 1. The van der Waals surface area contributed by atoms with Gasteiger partial charge in [0.25, 0.3) is 0 Å². The van der Waals surface area contributed by atoms with Crippen LogP contribution in [0.4, 0.5) is 0 Å². The largest absolute Gasteiger partial charge is 0.371 e. The van der Waals surface area contributed by atoms with Crippen LogP contribution in [-0.4, -0.2) is 46.4 Å². The number of piperidine rings is 1. The third-order valence-corrected chi connectivity index (χ3v) is 3.60. The number of carbonyl (C=O) groups excluding carboxylic acids is 1. The summed E-state index contributed by atoms with van der Waals surface area (Å²) in [6, 6.07) is 2.15. The highest BCUT2D eigenvalue weighted by Gasteiger charge is 2.26. The normalized spacial score (nSPS) is 19.0. The Morgan fingerprint density at radius 3 is 3.15 bits per heavy atom. The Morgan fingerprint density at radius 2 is 2.40 bits per heavy atom. The second kappa shape index (κ2) is 7.85. The number of carbonyl (C=O) groups is 1. The molecular formula is C15H23N3O2. The lowest BCUT2D eigenvalue weighted by Crippen LogP contribution is -2.47. The lowest BCUT2D eigenvalue weighted by Gasteiger charge is -2.35.